The SMILES string of the molecule is COC(=O)CCO/N=C1/C[C@H]2C[C@H](O)[C@@H](C=CC(O)COc3ccc(F)cc3)[C@@H]2C1. The maximum Gasteiger partial charge on any atom is 0.309 e. The van der Waals surface area contributed by atoms with Crippen LogP contribution in [0.15, 0.2) is 41.6 Å². The van der Waals surface area contributed by atoms with E-state index in [1.165, 1.54) is 31.4 Å². The standard InChI is InChI=1S/C22H28FNO6/c1-28-22(27)8-9-30-24-16-10-14-11-21(26)19(20(14)12-16)7-4-17(25)13-29-18-5-2-15(23)3-6-18/h2-7,14,17,19-21,25-26H,8-13H2,1H3/b7-4?,24-16-/t14-,17?,19-,20+,21-/m0/s1. The van der Waals surface area contributed by atoms with Gasteiger partial charge < -0.3 is 24.5 Å². The maximum absolute atomic E-state index is 12.9. The number of esters is 1. The number of oxime groups is 1. The first-order chi connectivity index (χ1) is 14.5. The zero-order valence-electron chi connectivity index (χ0n) is 16.9. The van der Waals surface area contributed by atoms with Crippen LogP contribution in [0, 0.1) is 23.6 Å². The molecule has 2 saturated carbocycles. The molecule has 2 N–H and O–H groups in total. The minimum absolute atomic E-state index is 0.0415. The molecule has 1 unspecified atom stereocenters. The summed E-state index contributed by atoms with van der Waals surface area (Å²) in [4.78, 5) is 16.3. The molecule has 1 aromatic carbocycles. The first-order valence-corrected chi connectivity index (χ1v) is 10.1. The second-order valence-electron chi connectivity index (χ2n) is 7.75. The van der Waals surface area contributed by atoms with Gasteiger partial charge in [0.2, 0.25) is 0 Å². The van der Waals surface area contributed by atoms with Gasteiger partial charge in [-0.05, 0) is 55.4 Å². The quantitative estimate of drug-likeness (QED) is 0.275. The molecule has 0 heterocycles. The van der Waals surface area contributed by atoms with Crippen molar-refractivity contribution < 1.29 is 33.7 Å². The number of hydrogen-bond donors (Lipinski definition) is 2. The summed E-state index contributed by atoms with van der Waals surface area (Å²) in [5, 5.41) is 24.7. The van der Waals surface area contributed by atoms with Crippen molar-refractivity contribution >= 4 is 11.7 Å². The summed E-state index contributed by atoms with van der Waals surface area (Å²) in [6.07, 6.45) is 4.53. The number of halogens is 1. The molecule has 164 valence electrons. The van der Waals surface area contributed by atoms with E-state index in [4.69, 9.17) is 9.57 Å². The fraction of sp³-hybridized carbons (Fsp3) is 0.545. The van der Waals surface area contributed by atoms with Crippen LogP contribution in [0.4, 0.5) is 4.39 Å². The fourth-order valence-corrected chi connectivity index (χ4v) is 4.18. The number of nitrogens with zero attached hydrogens (tertiary/aromatic N) is 1. The Morgan fingerprint density at radius 3 is 2.83 bits per heavy atom. The molecule has 8 heteroatoms. The van der Waals surface area contributed by atoms with E-state index in [1.807, 2.05) is 6.08 Å². The Hall–Kier alpha value is -2.45. The molecule has 3 rings (SSSR count). The Bertz CT molecular complexity index is 765. The predicted octanol–water partition coefficient (Wildman–Crippen LogP) is 2.46. The van der Waals surface area contributed by atoms with Crippen LogP contribution >= 0.6 is 0 Å². The summed E-state index contributed by atoms with van der Waals surface area (Å²) in [7, 11) is 1.33. The molecular weight excluding hydrogens is 393 g/mol. The largest absolute Gasteiger partial charge is 0.491 e. The van der Waals surface area contributed by atoms with Gasteiger partial charge in [-0.2, -0.15) is 0 Å². The number of carbonyl (C=O) groups excluding carboxylic acids is 1. The lowest BCUT2D eigenvalue weighted by atomic mass is 9.90. The van der Waals surface area contributed by atoms with E-state index in [1.54, 1.807) is 6.08 Å². The Morgan fingerprint density at radius 1 is 1.33 bits per heavy atom. The monoisotopic (exact) mass is 421 g/mol. The molecular formula is C22H28FNO6. The number of aliphatic hydroxyl groups is 2. The molecule has 0 amide bonds. The molecule has 2 aliphatic rings. The van der Waals surface area contributed by atoms with Crippen LogP contribution in [-0.2, 0) is 14.4 Å². The highest BCUT2D eigenvalue weighted by Gasteiger charge is 2.46. The molecule has 0 aromatic heterocycles. The second-order valence-corrected chi connectivity index (χ2v) is 7.75. The molecule has 7 nitrogen and oxygen atoms in total. The Morgan fingerprint density at radius 2 is 2.10 bits per heavy atom. The second kappa shape index (κ2) is 10.5. The van der Waals surface area contributed by atoms with Crippen molar-refractivity contribution in [3.8, 4) is 5.75 Å². The highest BCUT2D eigenvalue weighted by molar-refractivity contribution is 5.86. The van der Waals surface area contributed by atoms with Crippen molar-refractivity contribution in [3.63, 3.8) is 0 Å². The normalized spacial score (nSPS) is 27.9. The van der Waals surface area contributed by atoms with Crippen LogP contribution in [0.2, 0.25) is 0 Å². The Kier molecular flexibility index (Phi) is 7.81. The summed E-state index contributed by atoms with van der Waals surface area (Å²) in [6, 6.07) is 5.60. The van der Waals surface area contributed by atoms with Gasteiger partial charge in [-0.3, -0.25) is 4.79 Å². The highest BCUT2D eigenvalue weighted by Crippen LogP contribution is 2.47. The summed E-state index contributed by atoms with van der Waals surface area (Å²) < 4.78 is 22.9. The van der Waals surface area contributed by atoms with E-state index >= 15 is 0 Å². The Balaban J connectivity index is 1.47. The molecule has 0 saturated heterocycles. The lowest BCUT2D eigenvalue weighted by molar-refractivity contribution is -0.141. The van der Waals surface area contributed by atoms with Gasteiger partial charge in [0.05, 0.1) is 25.3 Å². The average Bonchev–Trinajstić information content (AvgIpc) is 3.25. The van der Waals surface area contributed by atoms with Crippen LogP contribution in [0.25, 0.3) is 0 Å². The van der Waals surface area contributed by atoms with Crippen LogP contribution in [0.5, 0.6) is 5.75 Å². The van der Waals surface area contributed by atoms with Crippen molar-refractivity contribution in [2.24, 2.45) is 22.9 Å². The average molecular weight is 421 g/mol. The highest BCUT2D eigenvalue weighted by atomic mass is 19.1. The zero-order valence-corrected chi connectivity index (χ0v) is 16.9. The molecule has 0 spiro atoms. The maximum atomic E-state index is 12.9. The number of methoxy groups -OCH3 is 1. The number of carbonyl (C=O) groups is 1. The molecule has 5 atom stereocenters. The van der Waals surface area contributed by atoms with Crippen LogP contribution in [0.3, 0.4) is 0 Å². The smallest absolute Gasteiger partial charge is 0.309 e. The van der Waals surface area contributed by atoms with Crippen LogP contribution in [-0.4, -0.2) is 54.4 Å². The topological polar surface area (TPSA) is 97.6 Å². The number of aliphatic hydroxyl groups excluding tert-OH is 2. The van der Waals surface area contributed by atoms with Gasteiger partial charge in [-0.1, -0.05) is 17.3 Å². The number of hydrogen-bond acceptors (Lipinski definition) is 7. The minimum Gasteiger partial charge on any atom is -0.491 e. The van der Waals surface area contributed by atoms with Gasteiger partial charge in [-0.15, -0.1) is 0 Å². The van der Waals surface area contributed by atoms with Crippen molar-refractivity contribution in [2.45, 2.75) is 37.9 Å². The number of ether oxygens (including phenoxy) is 2. The van der Waals surface area contributed by atoms with Crippen LogP contribution < -0.4 is 4.74 Å². The third-order valence-electron chi connectivity index (χ3n) is 5.67. The first-order valence-electron chi connectivity index (χ1n) is 10.1. The minimum atomic E-state index is -0.836. The van der Waals surface area contributed by atoms with Gasteiger partial charge in [0, 0.05) is 5.92 Å². The van der Waals surface area contributed by atoms with Gasteiger partial charge in [0.25, 0.3) is 0 Å². The predicted molar refractivity (Wildman–Crippen MR) is 107 cm³/mol. The Labute approximate surface area is 175 Å². The van der Waals surface area contributed by atoms with Gasteiger partial charge in [0.1, 0.15) is 30.9 Å². The first kappa shape index (κ1) is 22.2. The molecule has 0 bridgehead atoms. The zero-order chi connectivity index (χ0) is 21.5. The van der Waals surface area contributed by atoms with E-state index in [0.717, 1.165) is 18.6 Å². The van der Waals surface area contributed by atoms with Crippen molar-refractivity contribution in [1.29, 1.82) is 0 Å². The van der Waals surface area contributed by atoms with E-state index < -0.39 is 12.2 Å². The van der Waals surface area contributed by atoms with E-state index in [2.05, 4.69) is 9.89 Å². The third-order valence-corrected chi connectivity index (χ3v) is 5.67. The van der Waals surface area contributed by atoms with E-state index in [0.29, 0.717) is 18.1 Å². The number of benzene rings is 1. The van der Waals surface area contributed by atoms with Crippen molar-refractivity contribution in [3.05, 3.63) is 42.2 Å². The summed E-state index contributed by atoms with van der Waals surface area (Å²) in [6.45, 7) is 0.220. The molecule has 2 fully saturated rings. The lowest BCUT2D eigenvalue weighted by Gasteiger charge is -2.17. The summed E-state index contributed by atoms with van der Waals surface area (Å²) in [5.74, 6) is 0.288. The summed E-state index contributed by atoms with van der Waals surface area (Å²) in [5.41, 5.74) is 0.931. The van der Waals surface area contributed by atoms with Gasteiger partial charge in [0.15, 0.2) is 0 Å². The molecule has 30 heavy (non-hydrogen) atoms. The molecule has 2 aliphatic carbocycles. The molecule has 1 aromatic rings. The number of rotatable bonds is 9. The summed E-state index contributed by atoms with van der Waals surface area (Å²) >= 11 is 0. The third kappa shape index (κ3) is 6.03. The lowest BCUT2D eigenvalue weighted by Crippen LogP contribution is -2.20. The van der Waals surface area contributed by atoms with Gasteiger partial charge >= 0.3 is 5.97 Å². The van der Waals surface area contributed by atoms with E-state index in [-0.39, 0.29) is 43.3 Å². The molecule has 0 radical (unpaired) electrons. The van der Waals surface area contributed by atoms with Crippen molar-refractivity contribution in [2.75, 3.05) is 20.3 Å². The fourth-order valence-electron chi connectivity index (χ4n) is 4.18. The van der Waals surface area contributed by atoms with E-state index in [9.17, 15) is 19.4 Å². The molecule has 0 aliphatic heterocycles. The van der Waals surface area contributed by atoms with Crippen LogP contribution in [0.1, 0.15) is 25.7 Å². The van der Waals surface area contributed by atoms with Crippen molar-refractivity contribution in [1.82, 2.24) is 0 Å². The number of fused-ring (bicyclic) bond motifs is 1. The van der Waals surface area contributed by atoms with Gasteiger partial charge in [-0.25, -0.2) is 4.39 Å².